The quantitative estimate of drug-likeness (QED) is 0.723. The molecule has 3 aliphatic rings. The van der Waals surface area contributed by atoms with Crippen molar-refractivity contribution < 1.29 is 0 Å². The molecule has 3 rings (SSSR count). The summed E-state index contributed by atoms with van der Waals surface area (Å²) < 4.78 is 0. The van der Waals surface area contributed by atoms with Gasteiger partial charge in [0.2, 0.25) is 0 Å². The van der Waals surface area contributed by atoms with Gasteiger partial charge in [-0.2, -0.15) is 0 Å². The van der Waals surface area contributed by atoms with Gasteiger partial charge in [0.1, 0.15) is 0 Å². The van der Waals surface area contributed by atoms with E-state index in [2.05, 4.69) is 10.2 Å². The van der Waals surface area contributed by atoms with E-state index in [-0.39, 0.29) is 24.8 Å². The van der Waals surface area contributed by atoms with Gasteiger partial charge in [-0.1, -0.05) is 6.42 Å². The molecule has 1 spiro atoms. The highest BCUT2D eigenvalue weighted by atomic mass is 35.5. The fourth-order valence-electron chi connectivity index (χ4n) is 2.53. The van der Waals surface area contributed by atoms with Crippen LogP contribution in [0.1, 0.15) is 19.3 Å². The van der Waals surface area contributed by atoms with Gasteiger partial charge in [-0.25, -0.2) is 0 Å². The van der Waals surface area contributed by atoms with Gasteiger partial charge < -0.3 is 5.32 Å². The first-order valence-corrected chi connectivity index (χ1v) is 4.83. The lowest BCUT2D eigenvalue weighted by Crippen LogP contribution is -2.73. The predicted octanol–water partition coefficient (Wildman–Crippen LogP) is 1.29. The van der Waals surface area contributed by atoms with Crippen LogP contribution in [0.5, 0.6) is 0 Å². The van der Waals surface area contributed by atoms with Crippen molar-refractivity contribution >= 4 is 24.8 Å². The van der Waals surface area contributed by atoms with Crippen LogP contribution < -0.4 is 5.32 Å². The Morgan fingerprint density at radius 3 is 2.00 bits per heavy atom. The summed E-state index contributed by atoms with van der Waals surface area (Å²) >= 11 is 0. The molecule has 1 saturated carbocycles. The fraction of sp³-hybridized carbons (Fsp3) is 1.00. The zero-order valence-corrected chi connectivity index (χ0v) is 9.42. The highest BCUT2D eigenvalue weighted by molar-refractivity contribution is 5.85. The number of hydrogen-bond donors (Lipinski definition) is 1. The van der Waals surface area contributed by atoms with Crippen LogP contribution in [0.2, 0.25) is 0 Å². The zero-order chi connectivity index (χ0) is 7.31. The Hall–Kier alpha value is 0.500. The van der Waals surface area contributed by atoms with E-state index in [1.165, 1.54) is 45.4 Å². The summed E-state index contributed by atoms with van der Waals surface area (Å²) in [6.45, 7) is 5.36. The van der Waals surface area contributed by atoms with Gasteiger partial charge >= 0.3 is 0 Å². The minimum absolute atomic E-state index is 0. The van der Waals surface area contributed by atoms with Crippen molar-refractivity contribution in [2.75, 3.05) is 26.2 Å². The molecule has 13 heavy (non-hydrogen) atoms. The van der Waals surface area contributed by atoms with Crippen LogP contribution in [0, 0.1) is 5.41 Å². The van der Waals surface area contributed by atoms with Crippen LogP contribution in [0.15, 0.2) is 0 Å². The van der Waals surface area contributed by atoms with Crippen LogP contribution in [0.25, 0.3) is 0 Å². The summed E-state index contributed by atoms with van der Waals surface area (Å²) in [5.74, 6) is 0. The average Bonchev–Trinajstić information content (AvgIpc) is 1.66. The topological polar surface area (TPSA) is 15.3 Å². The van der Waals surface area contributed by atoms with Gasteiger partial charge in [-0.15, -0.1) is 24.8 Å². The molecule has 2 aliphatic heterocycles. The molecule has 0 bridgehead atoms. The van der Waals surface area contributed by atoms with Gasteiger partial charge in [-0.05, 0) is 12.8 Å². The number of hydrogen-bond acceptors (Lipinski definition) is 2. The van der Waals surface area contributed by atoms with Crippen LogP contribution in [0.4, 0.5) is 0 Å². The Morgan fingerprint density at radius 2 is 1.69 bits per heavy atom. The molecule has 0 amide bonds. The van der Waals surface area contributed by atoms with Crippen molar-refractivity contribution in [3.63, 3.8) is 0 Å². The Labute approximate surface area is 92.3 Å². The molecule has 0 aromatic heterocycles. The maximum absolute atomic E-state index is 3.37. The Kier molecular flexibility index (Phi) is 3.50. The van der Waals surface area contributed by atoms with Crippen molar-refractivity contribution in [1.29, 1.82) is 0 Å². The summed E-state index contributed by atoms with van der Waals surface area (Å²) in [6.07, 6.45) is 4.43. The largest absolute Gasteiger partial charge is 0.315 e. The summed E-state index contributed by atoms with van der Waals surface area (Å²) in [5.41, 5.74) is 0.746. The number of rotatable bonds is 1. The third-order valence-corrected chi connectivity index (χ3v) is 3.67. The van der Waals surface area contributed by atoms with E-state index >= 15 is 0 Å². The first-order chi connectivity index (χ1) is 5.38. The molecular weight excluding hydrogens is 207 g/mol. The van der Waals surface area contributed by atoms with Crippen LogP contribution >= 0.6 is 24.8 Å². The molecule has 1 N–H and O–H groups in total. The molecule has 3 fully saturated rings. The predicted molar refractivity (Wildman–Crippen MR) is 59.0 cm³/mol. The molecule has 1 aliphatic carbocycles. The molecule has 78 valence electrons. The fourth-order valence-corrected chi connectivity index (χ4v) is 2.53. The zero-order valence-electron chi connectivity index (χ0n) is 7.79. The van der Waals surface area contributed by atoms with Crippen molar-refractivity contribution in [3.05, 3.63) is 0 Å². The van der Waals surface area contributed by atoms with Crippen molar-refractivity contribution in [1.82, 2.24) is 10.2 Å². The molecule has 2 heterocycles. The Morgan fingerprint density at radius 1 is 1.08 bits per heavy atom. The van der Waals surface area contributed by atoms with Crippen LogP contribution in [-0.2, 0) is 0 Å². The summed E-state index contributed by atoms with van der Waals surface area (Å²) in [5, 5.41) is 3.37. The summed E-state index contributed by atoms with van der Waals surface area (Å²) in [4.78, 5) is 2.68. The lowest BCUT2D eigenvalue weighted by atomic mass is 9.72. The summed E-state index contributed by atoms with van der Waals surface area (Å²) in [7, 11) is 0. The maximum atomic E-state index is 3.37. The second-order valence-corrected chi connectivity index (χ2v) is 4.59. The minimum atomic E-state index is 0. The third-order valence-electron chi connectivity index (χ3n) is 3.67. The van der Waals surface area contributed by atoms with Gasteiger partial charge in [-0.3, -0.25) is 4.90 Å². The summed E-state index contributed by atoms with van der Waals surface area (Å²) in [6, 6.07) is 0.987. The number of likely N-dealkylation sites (tertiary alicyclic amines) is 1. The minimum Gasteiger partial charge on any atom is -0.315 e. The highest BCUT2D eigenvalue weighted by Gasteiger charge is 2.49. The van der Waals surface area contributed by atoms with E-state index in [1.54, 1.807) is 0 Å². The monoisotopic (exact) mass is 224 g/mol. The smallest absolute Gasteiger partial charge is 0.0207 e. The molecule has 0 aromatic rings. The molecule has 0 unspecified atom stereocenters. The Balaban J connectivity index is 0.000000422. The van der Waals surface area contributed by atoms with E-state index in [0.29, 0.717) is 0 Å². The second-order valence-electron chi connectivity index (χ2n) is 4.59. The highest BCUT2D eigenvalue weighted by Crippen LogP contribution is 2.39. The van der Waals surface area contributed by atoms with Gasteiger partial charge in [0.15, 0.2) is 0 Å². The van der Waals surface area contributed by atoms with Gasteiger partial charge in [0.05, 0.1) is 0 Å². The van der Waals surface area contributed by atoms with Gasteiger partial charge in [0, 0.05) is 37.6 Å². The number of halogens is 2. The molecule has 0 radical (unpaired) electrons. The van der Waals surface area contributed by atoms with Crippen LogP contribution in [-0.4, -0.2) is 37.1 Å². The van der Waals surface area contributed by atoms with E-state index in [1.807, 2.05) is 0 Å². The lowest BCUT2D eigenvalue weighted by molar-refractivity contribution is -0.0819. The third kappa shape index (κ3) is 1.70. The molecule has 0 atom stereocenters. The first-order valence-electron chi connectivity index (χ1n) is 4.83. The molecule has 2 nitrogen and oxygen atoms in total. The van der Waals surface area contributed by atoms with E-state index in [9.17, 15) is 0 Å². The Bertz CT molecular complexity index is 170. The lowest BCUT2D eigenvalue weighted by Gasteiger charge is -2.60. The molecule has 2 saturated heterocycles. The second kappa shape index (κ2) is 3.93. The molecule has 4 heteroatoms. The van der Waals surface area contributed by atoms with Crippen LogP contribution in [0.3, 0.4) is 0 Å². The first kappa shape index (κ1) is 11.6. The van der Waals surface area contributed by atoms with E-state index < -0.39 is 0 Å². The average molecular weight is 225 g/mol. The molecule has 0 aromatic carbocycles. The maximum Gasteiger partial charge on any atom is 0.0207 e. The number of nitrogens with zero attached hydrogens (tertiary/aromatic N) is 1. The van der Waals surface area contributed by atoms with E-state index in [4.69, 9.17) is 0 Å². The standard InChI is InChI=1S/C9H16N2.2ClH/c1-2-8(3-1)11-6-9(7-11)4-10-5-9;;/h8,10H,1-7H2;2*1H. The van der Waals surface area contributed by atoms with Crippen molar-refractivity contribution in [2.45, 2.75) is 25.3 Å². The number of nitrogens with one attached hydrogen (secondary N) is 1. The van der Waals surface area contributed by atoms with E-state index in [0.717, 1.165) is 11.5 Å². The molecular formula is C9H18Cl2N2. The van der Waals surface area contributed by atoms with Gasteiger partial charge in [0.25, 0.3) is 0 Å². The normalized spacial score (nSPS) is 30.5. The SMILES string of the molecule is C1CC(N2CC3(CNC3)C2)C1.Cl.Cl. The van der Waals surface area contributed by atoms with Crippen molar-refractivity contribution in [2.24, 2.45) is 5.41 Å². The van der Waals surface area contributed by atoms with Crippen molar-refractivity contribution in [3.8, 4) is 0 Å².